The molecule has 0 spiro atoms. The highest BCUT2D eigenvalue weighted by Gasteiger charge is 2.40. The monoisotopic (exact) mass is 354 g/mol. The summed E-state index contributed by atoms with van der Waals surface area (Å²) in [5, 5.41) is 11.1. The smallest absolute Gasteiger partial charge is 0.258 e. The minimum absolute atomic E-state index is 0.0233. The third kappa shape index (κ3) is 4.90. The number of aryl methyl sites for hydroxylation is 1. The lowest BCUT2D eigenvalue weighted by atomic mass is 10.2. The molecule has 0 aliphatic carbocycles. The first-order valence-corrected chi connectivity index (χ1v) is 8.11. The molecule has 0 radical (unpaired) electrons. The Morgan fingerprint density at radius 3 is 2.30 bits per heavy atom. The van der Waals surface area contributed by atoms with Crippen molar-refractivity contribution < 1.29 is 26.5 Å². The van der Waals surface area contributed by atoms with E-state index in [0.717, 1.165) is 6.07 Å². The van der Waals surface area contributed by atoms with Crippen LogP contribution in [0.3, 0.4) is 0 Å². The van der Waals surface area contributed by atoms with Crippen molar-refractivity contribution in [1.82, 2.24) is 4.31 Å². The zero-order valence-corrected chi connectivity index (χ0v) is 13.6. The summed E-state index contributed by atoms with van der Waals surface area (Å²) in [6.07, 6.45) is -4.75. The molecule has 130 valence electrons. The van der Waals surface area contributed by atoms with Crippen LogP contribution in [0.15, 0.2) is 23.1 Å². The number of alkyl halides is 3. The van der Waals surface area contributed by atoms with Crippen LogP contribution in [-0.2, 0) is 10.0 Å². The topological polar surface area (TPSA) is 80.5 Å². The van der Waals surface area contributed by atoms with Crippen LogP contribution in [0.4, 0.5) is 18.9 Å². The van der Waals surface area contributed by atoms with Crippen molar-refractivity contribution in [1.29, 1.82) is 0 Å². The number of hydrogen-bond acceptors (Lipinski definition) is 4. The van der Waals surface area contributed by atoms with Crippen molar-refractivity contribution >= 4 is 15.7 Å². The van der Waals surface area contributed by atoms with E-state index in [4.69, 9.17) is 0 Å². The molecule has 0 amide bonds. The van der Waals surface area contributed by atoms with Gasteiger partial charge >= 0.3 is 6.18 Å². The molecule has 0 aliphatic heterocycles. The van der Waals surface area contributed by atoms with Crippen LogP contribution in [-0.4, -0.2) is 36.9 Å². The molecule has 10 heteroatoms. The Bertz CT molecular complexity index is 687. The summed E-state index contributed by atoms with van der Waals surface area (Å²) in [4.78, 5) is 9.44. The van der Waals surface area contributed by atoms with Gasteiger partial charge in [0.1, 0.15) is 6.54 Å². The average molecular weight is 354 g/mol. The van der Waals surface area contributed by atoms with E-state index in [-0.39, 0.29) is 15.8 Å². The van der Waals surface area contributed by atoms with Gasteiger partial charge < -0.3 is 0 Å². The quantitative estimate of drug-likeness (QED) is 0.581. The SMILES string of the molecule is Cc1cccc([N+](=O)[O-])c1S(=O)(=O)N(CC(C)C)CC(F)(F)F. The number of halogens is 3. The lowest BCUT2D eigenvalue weighted by molar-refractivity contribution is -0.388. The fourth-order valence-electron chi connectivity index (χ4n) is 2.10. The lowest BCUT2D eigenvalue weighted by Crippen LogP contribution is -2.41. The van der Waals surface area contributed by atoms with Gasteiger partial charge in [0.15, 0.2) is 4.90 Å². The minimum Gasteiger partial charge on any atom is -0.258 e. The fourth-order valence-corrected chi connectivity index (χ4v) is 4.05. The number of nitrogens with zero attached hydrogens (tertiary/aromatic N) is 2. The second-order valence-electron chi connectivity index (χ2n) is 5.49. The van der Waals surface area contributed by atoms with Crippen LogP contribution in [0.1, 0.15) is 19.4 Å². The molecular weight excluding hydrogens is 337 g/mol. The molecule has 0 atom stereocenters. The number of sulfonamides is 1. The number of rotatable bonds is 6. The maximum absolute atomic E-state index is 12.7. The van der Waals surface area contributed by atoms with Gasteiger partial charge in [-0.25, -0.2) is 8.42 Å². The first kappa shape index (κ1) is 19.4. The van der Waals surface area contributed by atoms with Gasteiger partial charge in [-0.2, -0.15) is 17.5 Å². The van der Waals surface area contributed by atoms with E-state index in [2.05, 4.69) is 0 Å². The Morgan fingerprint density at radius 1 is 1.30 bits per heavy atom. The fraction of sp³-hybridized carbons (Fsp3) is 0.538. The summed E-state index contributed by atoms with van der Waals surface area (Å²) in [6, 6.07) is 3.55. The van der Waals surface area contributed by atoms with Crippen molar-refractivity contribution in [3.8, 4) is 0 Å². The van der Waals surface area contributed by atoms with E-state index in [1.165, 1.54) is 19.1 Å². The molecule has 0 aliphatic rings. The van der Waals surface area contributed by atoms with Crippen molar-refractivity contribution in [3.63, 3.8) is 0 Å². The number of benzene rings is 1. The summed E-state index contributed by atoms with van der Waals surface area (Å²) in [5.74, 6) is -0.379. The molecule has 1 aromatic rings. The summed E-state index contributed by atoms with van der Waals surface area (Å²) in [7, 11) is -4.66. The van der Waals surface area contributed by atoms with Gasteiger partial charge in [0.25, 0.3) is 5.69 Å². The van der Waals surface area contributed by atoms with Gasteiger partial charge in [0.05, 0.1) is 4.92 Å². The first-order valence-electron chi connectivity index (χ1n) is 6.67. The van der Waals surface area contributed by atoms with E-state index < -0.39 is 44.8 Å². The second-order valence-corrected chi connectivity index (χ2v) is 7.36. The van der Waals surface area contributed by atoms with E-state index in [1.807, 2.05) is 0 Å². The zero-order chi connectivity index (χ0) is 18.0. The predicted molar refractivity (Wildman–Crippen MR) is 77.5 cm³/mol. The van der Waals surface area contributed by atoms with Crippen LogP contribution in [0.2, 0.25) is 0 Å². The standard InChI is InChI=1S/C13H17F3N2O4S/c1-9(2)7-17(8-13(14,15)16)23(21,22)12-10(3)5-4-6-11(12)18(19)20/h4-6,9H,7-8H2,1-3H3. The molecule has 23 heavy (non-hydrogen) atoms. The largest absolute Gasteiger partial charge is 0.402 e. The summed E-state index contributed by atoms with van der Waals surface area (Å²) < 4.78 is 63.6. The van der Waals surface area contributed by atoms with E-state index in [1.54, 1.807) is 13.8 Å². The molecule has 0 bridgehead atoms. The molecule has 0 N–H and O–H groups in total. The molecule has 0 unspecified atom stereocenters. The first-order chi connectivity index (χ1) is 10.4. The Labute approximate surface area is 132 Å². The Kier molecular flexibility index (Phi) is 5.75. The Balaban J connectivity index is 3.50. The van der Waals surface area contributed by atoms with Gasteiger partial charge in [0.2, 0.25) is 10.0 Å². The molecule has 0 fully saturated rings. The number of nitro groups is 1. The number of hydrogen-bond donors (Lipinski definition) is 0. The summed E-state index contributed by atoms with van der Waals surface area (Å²) in [6.45, 7) is 2.34. The Morgan fingerprint density at radius 2 is 1.87 bits per heavy atom. The highest BCUT2D eigenvalue weighted by Crippen LogP contribution is 2.31. The van der Waals surface area contributed by atoms with Crippen LogP contribution >= 0.6 is 0 Å². The van der Waals surface area contributed by atoms with Crippen LogP contribution in [0.5, 0.6) is 0 Å². The minimum atomic E-state index is -4.75. The van der Waals surface area contributed by atoms with E-state index >= 15 is 0 Å². The molecule has 0 heterocycles. The van der Waals surface area contributed by atoms with Gasteiger partial charge in [-0.1, -0.05) is 26.0 Å². The second kappa shape index (κ2) is 6.83. The van der Waals surface area contributed by atoms with Gasteiger partial charge in [-0.3, -0.25) is 10.1 Å². The molecule has 0 saturated carbocycles. The van der Waals surface area contributed by atoms with Gasteiger partial charge in [0, 0.05) is 12.6 Å². The predicted octanol–water partition coefficient (Wildman–Crippen LogP) is 3.11. The van der Waals surface area contributed by atoms with Crippen molar-refractivity contribution in [2.24, 2.45) is 5.92 Å². The normalized spacial score (nSPS) is 12.9. The highest BCUT2D eigenvalue weighted by molar-refractivity contribution is 7.89. The molecular formula is C13H17F3N2O4S. The van der Waals surface area contributed by atoms with Crippen molar-refractivity contribution in [3.05, 3.63) is 33.9 Å². The van der Waals surface area contributed by atoms with Crippen LogP contribution in [0, 0.1) is 23.0 Å². The molecule has 0 saturated heterocycles. The molecule has 0 aromatic heterocycles. The van der Waals surface area contributed by atoms with Crippen molar-refractivity contribution in [2.45, 2.75) is 31.8 Å². The summed E-state index contributed by atoms with van der Waals surface area (Å²) in [5.41, 5.74) is -0.712. The third-order valence-electron chi connectivity index (χ3n) is 2.91. The molecule has 1 aromatic carbocycles. The van der Waals surface area contributed by atoms with E-state index in [9.17, 15) is 31.7 Å². The van der Waals surface area contributed by atoms with Gasteiger partial charge in [-0.05, 0) is 18.4 Å². The maximum atomic E-state index is 12.7. The highest BCUT2D eigenvalue weighted by atomic mass is 32.2. The lowest BCUT2D eigenvalue weighted by Gasteiger charge is -2.25. The third-order valence-corrected chi connectivity index (χ3v) is 4.92. The Hall–Kier alpha value is -1.68. The van der Waals surface area contributed by atoms with Crippen molar-refractivity contribution in [2.75, 3.05) is 13.1 Å². The molecule has 1 rings (SSSR count). The van der Waals surface area contributed by atoms with Crippen LogP contribution < -0.4 is 0 Å². The summed E-state index contributed by atoms with van der Waals surface area (Å²) >= 11 is 0. The van der Waals surface area contributed by atoms with E-state index in [0.29, 0.717) is 0 Å². The average Bonchev–Trinajstić information content (AvgIpc) is 2.34. The van der Waals surface area contributed by atoms with Gasteiger partial charge in [-0.15, -0.1) is 0 Å². The number of nitro benzene ring substituents is 1. The van der Waals surface area contributed by atoms with Crippen LogP contribution in [0.25, 0.3) is 0 Å². The zero-order valence-electron chi connectivity index (χ0n) is 12.8. The maximum Gasteiger partial charge on any atom is 0.402 e. The molecule has 6 nitrogen and oxygen atoms in total.